The smallest absolute Gasteiger partial charge is 0.368 e. The Labute approximate surface area is 138 Å². The molecule has 0 radical (unpaired) electrons. The normalized spacial score (nSPS) is 20.4. The summed E-state index contributed by atoms with van der Waals surface area (Å²) in [4.78, 5) is 2.81. The van der Waals surface area contributed by atoms with Crippen molar-refractivity contribution >= 4 is 15.5 Å². The van der Waals surface area contributed by atoms with E-state index in [1.165, 1.54) is 12.8 Å². The zero-order valence-corrected chi connectivity index (χ0v) is 13.7. The van der Waals surface area contributed by atoms with Crippen LogP contribution in [0.1, 0.15) is 12.8 Å². The second kappa shape index (κ2) is 6.18. The van der Waals surface area contributed by atoms with Crippen LogP contribution in [0.15, 0.2) is 23.1 Å². The third-order valence-corrected chi connectivity index (χ3v) is 5.96. The van der Waals surface area contributed by atoms with Gasteiger partial charge in [0, 0.05) is 32.7 Å². The number of piperazine rings is 1. The number of hydrogen-bond acceptors (Lipinski definition) is 4. The van der Waals surface area contributed by atoms with Gasteiger partial charge in [-0.15, -0.1) is 0 Å². The van der Waals surface area contributed by atoms with Gasteiger partial charge in [0.1, 0.15) is 10.7 Å². The highest BCUT2D eigenvalue weighted by Gasteiger charge is 2.48. The third kappa shape index (κ3) is 3.51. The molecule has 3 rings (SSSR count). The van der Waals surface area contributed by atoms with Crippen molar-refractivity contribution in [1.82, 2.24) is 4.90 Å². The Bertz CT molecular complexity index is 709. The molecule has 1 aromatic rings. The van der Waals surface area contributed by atoms with E-state index in [0.29, 0.717) is 38.2 Å². The standard InChI is InChI=1S/C15H18F4N2O2S/c16-12-3-4-13(14(9-12)24(22,23)15(17,18)19)21-7-5-20(6-8-21)10-11-1-2-11/h3-4,9,11H,1-2,5-8,10H2. The highest BCUT2D eigenvalue weighted by molar-refractivity contribution is 7.92. The summed E-state index contributed by atoms with van der Waals surface area (Å²) in [6, 6.07) is 2.56. The number of alkyl halides is 3. The van der Waals surface area contributed by atoms with E-state index in [4.69, 9.17) is 0 Å². The molecular weight excluding hydrogens is 348 g/mol. The van der Waals surface area contributed by atoms with E-state index in [1.807, 2.05) is 0 Å². The number of hydrogen-bond donors (Lipinski definition) is 0. The van der Waals surface area contributed by atoms with Crippen molar-refractivity contribution in [2.75, 3.05) is 37.6 Å². The lowest BCUT2D eigenvalue weighted by atomic mass is 10.2. The van der Waals surface area contributed by atoms with Gasteiger partial charge in [-0.05, 0) is 37.0 Å². The van der Waals surface area contributed by atoms with Crippen LogP contribution in [0.5, 0.6) is 0 Å². The van der Waals surface area contributed by atoms with Crippen LogP contribution in [0.3, 0.4) is 0 Å². The van der Waals surface area contributed by atoms with E-state index in [-0.39, 0.29) is 5.69 Å². The van der Waals surface area contributed by atoms with Crippen LogP contribution in [-0.2, 0) is 9.84 Å². The maximum atomic E-state index is 13.4. The zero-order valence-electron chi connectivity index (χ0n) is 12.9. The van der Waals surface area contributed by atoms with Crippen molar-refractivity contribution in [3.05, 3.63) is 24.0 Å². The maximum Gasteiger partial charge on any atom is 0.501 e. The SMILES string of the molecule is O=S(=O)(c1cc(F)ccc1N1CCN(CC2CC2)CC1)C(F)(F)F. The van der Waals surface area contributed by atoms with Gasteiger partial charge in [0.25, 0.3) is 9.84 Å². The minimum Gasteiger partial charge on any atom is -0.368 e. The van der Waals surface area contributed by atoms with Crippen LogP contribution < -0.4 is 4.90 Å². The van der Waals surface area contributed by atoms with Gasteiger partial charge in [-0.3, -0.25) is 4.90 Å². The molecule has 24 heavy (non-hydrogen) atoms. The fourth-order valence-electron chi connectivity index (χ4n) is 2.93. The maximum absolute atomic E-state index is 13.4. The first-order chi connectivity index (χ1) is 11.2. The monoisotopic (exact) mass is 366 g/mol. The zero-order chi connectivity index (χ0) is 17.5. The topological polar surface area (TPSA) is 40.6 Å². The van der Waals surface area contributed by atoms with Crippen molar-refractivity contribution in [2.24, 2.45) is 5.92 Å². The minimum absolute atomic E-state index is 0.0835. The lowest BCUT2D eigenvalue weighted by molar-refractivity contribution is -0.0435. The number of halogens is 4. The molecule has 9 heteroatoms. The van der Waals surface area contributed by atoms with E-state index in [0.717, 1.165) is 18.7 Å². The van der Waals surface area contributed by atoms with Crippen LogP contribution in [0, 0.1) is 11.7 Å². The number of benzene rings is 1. The van der Waals surface area contributed by atoms with E-state index in [2.05, 4.69) is 4.90 Å². The predicted octanol–water partition coefficient (Wildman–Crippen LogP) is 2.65. The van der Waals surface area contributed by atoms with E-state index in [1.54, 1.807) is 4.90 Å². The molecule has 1 saturated heterocycles. The molecule has 1 aliphatic heterocycles. The van der Waals surface area contributed by atoms with Crippen LogP contribution in [0.2, 0.25) is 0 Å². The summed E-state index contributed by atoms with van der Waals surface area (Å²) < 4.78 is 75.5. The van der Waals surface area contributed by atoms with Gasteiger partial charge in [0.05, 0.1) is 5.69 Å². The van der Waals surface area contributed by atoms with Crippen LogP contribution >= 0.6 is 0 Å². The lowest BCUT2D eigenvalue weighted by Crippen LogP contribution is -2.47. The second-order valence-electron chi connectivity index (χ2n) is 6.29. The molecule has 4 nitrogen and oxygen atoms in total. The fraction of sp³-hybridized carbons (Fsp3) is 0.600. The average molecular weight is 366 g/mol. The van der Waals surface area contributed by atoms with Gasteiger partial charge < -0.3 is 4.90 Å². The van der Waals surface area contributed by atoms with Crippen LogP contribution in [-0.4, -0.2) is 51.5 Å². The summed E-state index contributed by atoms with van der Waals surface area (Å²) in [6.07, 6.45) is 2.43. The molecule has 0 aromatic heterocycles. The van der Waals surface area contributed by atoms with Gasteiger partial charge in [0.2, 0.25) is 0 Å². The van der Waals surface area contributed by atoms with Crippen LogP contribution in [0.4, 0.5) is 23.2 Å². The molecule has 0 atom stereocenters. The number of rotatable bonds is 4. The summed E-state index contributed by atoms with van der Waals surface area (Å²) in [5, 5.41) is 0. The predicted molar refractivity (Wildman–Crippen MR) is 81.0 cm³/mol. The first-order valence-electron chi connectivity index (χ1n) is 7.77. The number of nitrogens with zero attached hydrogens (tertiary/aromatic N) is 2. The van der Waals surface area contributed by atoms with Crippen LogP contribution in [0.25, 0.3) is 0 Å². The first kappa shape index (κ1) is 17.5. The number of anilines is 1. The fourth-order valence-corrected chi connectivity index (χ4v) is 3.92. The Morgan fingerprint density at radius 3 is 2.25 bits per heavy atom. The molecule has 1 heterocycles. The highest BCUT2D eigenvalue weighted by atomic mass is 32.2. The van der Waals surface area contributed by atoms with Gasteiger partial charge >= 0.3 is 5.51 Å². The Morgan fingerprint density at radius 1 is 1.08 bits per heavy atom. The average Bonchev–Trinajstić information content (AvgIpc) is 3.31. The molecule has 0 N–H and O–H groups in total. The Morgan fingerprint density at radius 2 is 1.71 bits per heavy atom. The van der Waals surface area contributed by atoms with Crippen molar-refractivity contribution in [2.45, 2.75) is 23.2 Å². The molecule has 0 amide bonds. The summed E-state index contributed by atoms with van der Waals surface area (Å²) in [5.41, 5.74) is -5.54. The molecule has 0 spiro atoms. The minimum atomic E-state index is -5.60. The Balaban J connectivity index is 1.83. The lowest BCUT2D eigenvalue weighted by Gasteiger charge is -2.37. The van der Waals surface area contributed by atoms with E-state index in [9.17, 15) is 26.0 Å². The number of sulfone groups is 1. The van der Waals surface area contributed by atoms with Gasteiger partial charge in [-0.1, -0.05) is 0 Å². The molecule has 0 unspecified atom stereocenters. The molecule has 1 aromatic carbocycles. The molecule has 134 valence electrons. The van der Waals surface area contributed by atoms with Gasteiger partial charge in [0.15, 0.2) is 0 Å². The van der Waals surface area contributed by atoms with Crippen molar-refractivity contribution in [1.29, 1.82) is 0 Å². The molecule has 2 aliphatic rings. The van der Waals surface area contributed by atoms with Gasteiger partial charge in [-0.2, -0.15) is 13.2 Å². The van der Waals surface area contributed by atoms with Crippen molar-refractivity contribution < 1.29 is 26.0 Å². The Hall–Kier alpha value is -1.35. The molecular formula is C15H18F4N2O2S. The molecule has 2 fully saturated rings. The van der Waals surface area contributed by atoms with Gasteiger partial charge in [-0.25, -0.2) is 12.8 Å². The Kier molecular flexibility index (Phi) is 4.50. The van der Waals surface area contributed by atoms with E-state index >= 15 is 0 Å². The summed E-state index contributed by atoms with van der Waals surface area (Å²) in [6.45, 7) is 3.11. The summed E-state index contributed by atoms with van der Waals surface area (Å²) >= 11 is 0. The van der Waals surface area contributed by atoms with Crippen molar-refractivity contribution in [3.8, 4) is 0 Å². The molecule has 1 saturated carbocycles. The van der Waals surface area contributed by atoms with E-state index < -0.39 is 26.1 Å². The molecule has 1 aliphatic carbocycles. The quantitative estimate of drug-likeness (QED) is 0.769. The summed E-state index contributed by atoms with van der Waals surface area (Å²) in [7, 11) is -5.60. The molecule has 0 bridgehead atoms. The second-order valence-corrected chi connectivity index (χ2v) is 8.20. The summed E-state index contributed by atoms with van der Waals surface area (Å²) in [5.74, 6) is -0.294. The third-order valence-electron chi connectivity index (χ3n) is 4.44. The highest BCUT2D eigenvalue weighted by Crippen LogP contribution is 2.37. The van der Waals surface area contributed by atoms with Crippen molar-refractivity contribution in [3.63, 3.8) is 0 Å². The largest absolute Gasteiger partial charge is 0.501 e. The first-order valence-corrected chi connectivity index (χ1v) is 9.25.